The van der Waals surface area contributed by atoms with Gasteiger partial charge in [0.25, 0.3) is 5.91 Å². The number of aliphatic hydroxyl groups is 1. The van der Waals surface area contributed by atoms with Crippen molar-refractivity contribution >= 4 is 44.4 Å². The van der Waals surface area contributed by atoms with Crippen molar-refractivity contribution in [1.29, 1.82) is 0 Å². The summed E-state index contributed by atoms with van der Waals surface area (Å²) in [6, 6.07) is 2.49. The minimum Gasteiger partial charge on any atom is -0.515 e. The molecule has 3 aromatic rings. The predicted molar refractivity (Wildman–Crippen MR) is 120 cm³/mol. The van der Waals surface area contributed by atoms with Crippen LogP contribution in [0.15, 0.2) is 21.7 Å². The number of rotatable bonds is 6. The summed E-state index contributed by atoms with van der Waals surface area (Å²) in [5.41, 5.74) is -1.62. The summed E-state index contributed by atoms with van der Waals surface area (Å²) in [6.45, 7) is 2.26. The van der Waals surface area contributed by atoms with Gasteiger partial charge in [-0.2, -0.15) is 8.42 Å². The number of benzene rings is 2. The molecule has 0 spiro atoms. The van der Waals surface area contributed by atoms with Crippen LogP contribution in [0.4, 0.5) is 0 Å². The minimum absolute atomic E-state index is 0.0349. The molecule has 1 heterocycles. The number of nitrogens with one attached hydrogen (secondary N) is 2. The largest absolute Gasteiger partial charge is 0.515 e. The first-order valence-electron chi connectivity index (χ1n) is 9.44. The van der Waals surface area contributed by atoms with Gasteiger partial charge in [-0.15, -0.1) is 0 Å². The van der Waals surface area contributed by atoms with E-state index in [9.17, 15) is 27.9 Å². The molecule has 11 nitrogen and oxygen atoms in total. The van der Waals surface area contributed by atoms with Crippen LogP contribution in [0.1, 0.15) is 15.9 Å². The van der Waals surface area contributed by atoms with Gasteiger partial charge in [0.1, 0.15) is 16.6 Å². The van der Waals surface area contributed by atoms with E-state index in [2.05, 4.69) is 15.3 Å². The number of aromatic nitrogens is 2. The third-order valence-electron chi connectivity index (χ3n) is 4.71. The molecule has 0 fully saturated rings. The van der Waals surface area contributed by atoms with Gasteiger partial charge in [-0.05, 0) is 33.2 Å². The summed E-state index contributed by atoms with van der Waals surface area (Å²) in [5, 5.41) is 12.1. The smallest absolute Gasteiger partial charge is 0.306 e. The van der Waals surface area contributed by atoms with Crippen LogP contribution in [0.2, 0.25) is 0 Å². The molecule has 3 rings (SSSR count). The number of hydrogen-bond acceptors (Lipinski definition) is 9. The van der Waals surface area contributed by atoms with E-state index in [1.165, 1.54) is 19.1 Å². The number of aromatic amines is 1. The number of H-pyrrole nitrogens is 1. The van der Waals surface area contributed by atoms with Crippen LogP contribution in [0.3, 0.4) is 0 Å². The van der Waals surface area contributed by atoms with Gasteiger partial charge >= 0.3 is 10.1 Å². The van der Waals surface area contributed by atoms with E-state index in [-0.39, 0.29) is 44.2 Å². The fourth-order valence-corrected chi connectivity index (χ4v) is 3.68. The lowest BCUT2D eigenvalue weighted by Gasteiger charge is -2.13. The average Bonchev–Trinajstić information content (AvgIpc) is 2.70. The average molecular weight is 462 g/mol. The maximum atomic E-state index is 12.7. The van der Waals surface area contributed by atoms with Crippen LogP contribution < -0.4 is 25.6 Å². The van der Waals surface area contributed by atoms with E-state index >= 15 is 0 Å². The molecule has 1 amide bonds. The van der Waals surface area contributed by atoms with Gasteiger partial charge in [-0.1, -0.05) is 0 Å². The lowest BCUT2D eigenvalue weighted by atomic mass is 10.1. The van der Waals surface area contributed by atoms with Crippen LogP contribution in [0.5, 0.6) is 5.75 Å². The normalized spacial score (nSPS) is 12.6. The first-order chi connectivity index (χ1) is 14.9. The van der Waals surface area contributed by atoms with Gasteiger partial charge in [0.15, 0.2) is 11.2 Å². The molecule has 170 valence electrons. The fourth-order valence-electron chi connectivity index (χ4n) is 3.17. The molecular weight excluding hydrogens is 440 g/mol. The minimum atomic E-state index is -4.04. The third kappa shape index (κ3) is 4.41. The highest BCUT2D eigenvalue weighted by molar-refractivity contribution is 7.86. The fraction of sp³-hybridized carbons (Fsp3) is 0.300. The summed E-state index contributed by atoms with van der Waals surface area (Å²) in [5.74, 6) is -0.811. The van der Waals surface area contributed by atoms with Gasteiger partial charge in [-0.3, -0.25) is 14.4 Å². The Morgan fingerprint density at radius 3 is 2.53 bits per heavy atom. The number of aliphatic hydroxyl groups excluding tert-OH is 1. The number of hydrogen-bond donors (Lipinski definition) is 3. The second-order valence-corrected chi connectivity index (χ2v) is 9.04. The summed E-state index contributed by atoms with van der Waals surface area (Å²) in [4.78, 5) is 46.7. The lowest BCUT2D eigenvalue weighted by Crippen LogP contribution is -2.32. The summed E-state index contributed by atoms with van der Waals surface area (Å²) in [6.07, 6.45) is 1.33. The molecule has 1 aromatic heterocycles. The Hall–Kier alpha value is -3.51. The molecule has 2 aromatic carbocycles. The number of likely N-dealkylation sites (N-methyl/N-ethyl adjacent to an activating group) is 1. The molecule has 0 atom stereocenters. The van der Waals surface area contributed by atoms with Crippen molar-refractivity contribution < 1.29 is 22.5 Å². The van der Waals surface area contributed by atoms with Crippen molar-refractivity contribution in [1.82, 2.24) is 20.2 Å². The van der Waals surface area contributed by atoms with Crippen LogP contribution in [-0.2, 0) is 10.1 Å². The van der Waals surface area contributed by atoms with Crippen molar-refractivity contribution in [2.24, 2.45) is 0 Å². The number of amides is 1. The van der Waals surface area contributed by atoms with E-state index in [0.29, 0.717) is 19.4 Å². The SMILES string of the molecule is Cc1c(OS(C)(=O)=O)c2[nH]c3c(C(=O)NCCN(C)C)ccc(=O)c3nc2c(=CO)c1=O. The van der Waals surface area contributed by atoms with Crippen molar-refractivity contribution in [3.05, 3.63) is 48.9 Å². The highest BCUT2D eigenvalue weighted by Crippen LogP contribution is 2.26. The van der Waals surface area contributed by atoms with E-state index < -0.39 is 26.9 Å². The molecule has 12 heteroatoms. The van der Waals surface area contributed by atoms with Crippen LogP contribution in [0.25, 0.3) is 28.3 Å². The van der Waals surface area contributed by atoms with Crippen molar-refractivity contribution in [3.63, 3.8) is 0 Å². The van der Waals surface area contributed by atoms with Gasteiger partial charge in [-0.25, -0.2) is 4.98 Å². The lowest BCUT2D eigenvalue weighted by molar-refractivity contribution is 0.0952. The molecular formula is C20H22N4O7S. The zero-order valence-electron chi connectivity index (χ0n) is 17.8. The zero-order valence-corrected chi connectivity index (χ0v) is 18.7. The van der Waals surface area contributed by atoms with Crippen LogP contribution in [0, 0.1) is 6.92 Å². The van der Waals surface area contributed by atoms with Crippen molar-refractivity contribution in [2.45, 2.75) is 6.92 Å². The molecule has 0 aliphatic carbocycles. The standard InChI is InChI=1S/C20H22N4O7S/c1-10-18(27)12(9-25)15-17(19(10)31-32(4,29)30)23-14-11(5-6-13(26)16(14)22-15)20(28)21-7-8-24(2)3/h5-6,9,23,25H,7-8H2,1-4H3,(H,21,28). The predicted octanol–water partition coefficient (Wildman–Crippen LogP) is -0.610. The van der Waals surface area contributed by atoms with E-state index in [1.54, 1.807) is 0 Å². The number of fused-ring (bicyclic) bond motifs is 2. The van der Waals surface area contributed by atoms with Crippen LogP contribution >= 0.6 is 0 Å². The Morgan fingerprint density at radius 1 is 1.25 bits per heavy atom. The van der Waals surface area contributed by atoms with Gasteiger partial charge in [0.2, 0.25) is 5.43 Å². The molecule has 0 saturated heterocycles. The topological polar surface area (TPSA) is 159 Å². The van der Waals surface area contributed by atoms with E-state index in [4.69, 9.17) is 4.18 Å². The molecule has 0 aliphatic rings. The van der Waals surface area contributed by atoms with Crippen LogP contribution in [-0.4, -0.2) is 67.7 Å². The Labute approximate surface area is 182 Å². The molecule has 3 N–H and O–H groups in total. The number of carbonyl (C=O) groups excluding carboxylic acids is 1. The van der Waals surface area contributed by atoms with Crippen molar-refractivity contribution in [2.75, 3.05) is 33.4 Å². The number of nitrogens with zero attached hydrogens (tertiary/aromatic N) is 2. The van der Waals surface area contributed by atoms with E-state index in [0.717, 1.165) is 6.26 Å². The summed E-state index contributed by atoms with van der Waals surface area (Å²) >= 11 is 0. The summed E-state index contributed by atoms with van der Waals surface area (Å²) in [7, 11) is -0.340. The molecule has 0 bridgehead atoms. The maximum absolute atomic E-state index is 12.7. The second-order valence-electron chi connectivity index (χ2n) is 7.47. The van der Waals surface area contributed by atoms with Crippen molar-refractivity contribution in [3.8, 4) is 5.75 Å². The first-order valence-corrected chi connectivity index (χ1v) is 11.3. The first kappa shape index (κ1) is 23.2. The molecule has 0 radical (unpaired) electrons. The number of carbonyl (C=O) groups is 1. The monoisotopic (exact) mass is 462 g/mol. The molecule has 0 aliphatic heterocycles. The Kier molecular flexibility index (Phi) is 6.19. The highest BCUT2D eigenvalue weighted by atomic mass is 32.2. The highest BCUT2D eigenvalue weighted by Gasteiger charge is 2.21. The Balaban J connectivity index is 2.39. The Morgan fingerprint density at radius 2 is 1.94 bits per heavy atom. The van der Waals surface area contributed by atoms with Gasteiger partial charge in [0, 0.05) is 18.7 Å². The zero-order chi connectivity index (χ0) is 23.8. The molecule has 32 heavy (non-hydrogen) atoms. The van der Waals surface area contributed by atoms with E-state index in [1.807, 2.05) is 19.0 Å². The molecule has 0 unspecified atom stereocenters. The quantitative estimate of drug-likeness (QED) is 0.321. The maximum Gasteiger partial charge on any atom is 0.306 e. The van der Waals surface area contributed by atoms with Gasteiger partial charge in [0.05, 0.1) is 28.8 Å². The second kappa shape index (κ2) is 8.55. The van der Waals surface area contributed by atoms with Gasteiger partial charge < -0.3 is 24.5 Å². The third-order valence-corrected chi connectivity index (χ3v) is 5.18. The Bertz CT molecular complexity index is 1510. The summed E-state index contributed by atoms with van der Waals surface area (Å²) < 4.78 is 28.6. The molecule has 0 saturated carbocycles.